The third-order valence-corrected chi connectivity index (χ3v) is 5.99. The molecular weight excluding hydrogens is 368 g/mol. The molecule has 29 heavy (non-hydrogen) atoms. The van der Waals surface area contributed by atoms with Crippen LogP contribution in [-0.4, -0.2) is 68.0 Å². The second-order valence-electron chi connectivity index (χ2n) is 7.64. The molecule has 0 saturated carbocycles. The minimum absolute atomic E-state index is 0.0165. The lowest BCUT2D eigenvalue weighted by molar-refractivity contribution is -0.177. The first-order valence-electron chi connectivity index (χ1n) is 9.70. The molecule has 2 fully saturated rings. The van der Waals surface area contributed by atoms with Gasteiger partial charge in [0.05, 0.1) is 24.4 Å². The molecule has 150 valence electrons. The van der Waals surface area contributed by atoms with Gasteiger partial charge in [-0.2, -0.15) is 0 Å². The van der Waals surface area contributed by atoms with Crippen LogP contribution in [0.5, 0.6) is 0 Å². The van der Waals surface area contributed by atoms with Crippen molar-refractivity contribution in [2.24, 2.45) is 0 Å². The Morgan fingerprint density at radius 1 is 1.24 bits per heavy atom. The number of aliphatic hydroxyl groups is 1. The number of aromatic nitrogens is 2. The predicted molar refractivity (Wildman–Crippen MR) is 108 cm³/mol. The van der Waals surface area contributed by atoms with Crippen LogP contribution in [0.3, 0.4) is 0 Å². The highest BCUT2D eigenvalue weighted by molar-refractivity contribution is 5.94. The first-order chi connectivity index (χ1) is 14.0. The van der Waals surface area contributed by atoms with E-state index < -0.39 is 5.54 Å². The molecule has 0 bridgehead atoms. The molecule has 1 aromatic carbocycles. The van der Waals surface area contributed by atoms with E-state index in [0.29, 0.717) is 13.1 Å². The summed E-state index contributed by atoms with van der Waals surface area (Å²) in [6, 6.07) is 7.79. The average molecular weight is 392 g/mol. The first-order valence-corrected chi connectivity index (χ1v) is 9.70. The Morgan fingerprint density at radius 3 is 2.52 bits per heavy atom. The number of rotatable bonds is 4. The topological polar surface area (TPSA) is 86.6 Å². The molecule has 2 amide bonds. The van der Waals surface area contributed by atoms with Crippen LogP contribution in [-0.2, 0) is 4.79 Å². The quantitative estimate of drug-likeness (QED) is 0.856. The second-order valence-corrected chi connectivity index (χ2v) is 7.64. The number of allylic oxidation sites excluding steroid dienone is 1. The van der Waals surface area contributed by atoms with Crippen molar-refractivity contribution in [3.05, 3.63) is 65.8 Å². The SMILES string of the molecule is C/C=C/c1ccc([C@@H]2[C@@H](CO)N(C(=O)c3cnccn3)C23CN(C(C)=O)C3)cc1. The van der Waals surface area contributed by atoms with Gasteiger partial charge in [-0.1, -0.05) is 36.4 Å². The molecule has 2 aromatic rings. The zero-order valence-corrected chi connectivity index (χ0v) is 16.5. The summed E-state index contributed by atoms with van der Waals surface area (Å²) in [6.07, 6.45) is 8.43. The van der Waals surface area contributed by atoms with Crippen molar-refractivity contribution in [3.63, 3.8) is 0 Å². The van der Waals surface area contributed by atoms with Crippen molar-refractivity contribution in [1.82, 2.24) is 19.8 Å². The molecule has 0 radical (unpaired) electrons. The molecule has 0 aliphatic carbocycles. The highest BCUT2D eigenvalue weighted by Crippen LogP contribution is 2.54. The summed E-state index contributed by atoms with van der Waals surface area (Å²) in [5.74, 6) is -0.331. The fraction of sp³-hybridized carbons (Fsp3) is 0.364. The monoisotopic (exact) mass is 392 g/mol. The number of hydrogen-bond acceptors (Lipinski definition) is 5. The number of amides is 2. The number of likely N-dealkylation sites (tertiary alicyclic amines) is 2. The molecule has 7 heteroatoms. The molecule has 2 aliphatic heterocycles. The standard InChI is InChI=1S/C22H24N4O3/c1-3-4-16-5-7-17(8-6-16)20-19(12-27)26(21(29)18-11-23-9-10-24-18)22(20)13-25(14-22)15(2)28/h3-11,19-20,27H,12-14H2,1-2H3/b4-3+/t19-,20-/m1/s1. The number of benzene rings is 1. The number of nitrogens with zero attached hydrogens (tertiary/aromatic N) is 4. The summed E-state index contributed by atoms with van der Waals surface area (Å²) in [5.41, 5.74) is 1.87. The van der Waals surface area contributed by atoms with Gasteiger partial charge in [0, 0.05) is 38.3 Å². The third kappa shape index (κ3) is 3.02. The van der Waals surface area contributed by atoms with Gasteiger partial charge in [0.25, 0.3) is 5.91 Å². The van der Waals surface area contributed by atoms with E-state index in [1.165, 1.54) is 25.5 Å². The fourth-order valence-corrected chi connectivity index (χ4v) is 4.70. The molecule has 7 nitrogen and oxygen atoms in total. The van der Waals surface area contributed by atoms with Gasteiger partial charge in [0.1, 0.15) is 5.69 Å². The Hall–Kier alpha value is -3.06. The maximum Gasteiger partial charge on any atom is 0.275 e. The Morgan fingerprint density at radius 2 is 1.97 bits per heavy atom. The van der Waals surface area contributed by atoms with Crippen LogP contribution in [0.1, 0.15) is 41.4 Å². The van der Waals surface area contributed by atoms with E-state index in [-0.39, 0.29) is 36.1 Å². The summed E-state index contributed by atoms with van der Waals surface area (Å²) in [7, 11) is 0. The number of aliphatic hydroxyl groups excluding tert-OH is 1. The predicted octanol–water partition coefficient (Wildman–Crippen LogP) is 1.71. The maximum absolute atomic E-state index is 13.2. The van der Waals surface area contributed by atoms with Crippen LogP contribution in [0.25, 0.3) is 6.08 Å². The van der Waals surface area contributed by atoms with Gasteiger partial charge >= 0.3 is 0 Å². The minimum Gasteiger partial charge on any atom is -0.394 e. The number of carbonyl (C=O) groups is 2. The third-order valence-electron chi connectivity index (χ3n) is 5.99. The van der Waals surface area contributed by atoms with Crippen molar-refractivity contribution < 1.29 is 14.7 Å². The van der Waals surface area contributed by atoms with Crippen molar-refractivity contribution in [1.29, 1.82) is 0 Å². The summed E-state index contributed by atoms with van der Waals surface area (Å²) < 4.78 is 0. The van der Waals surface area contributed by atoms with E-state index in [0.717, 1.165) is 11.1 Å². The highest BCUT2D eigenvalue weighted by atomic mass is 16.3. The first kappa shape index (κ1) is 19.3. The van der Waals surface area contributed by atoms with Crippen LogP contribution in [0.2, 0.25) is 0 Å². The van der Waals surface area contributed by atoms with Gasteiger partial charge < -0.3 is 14.9 Å². The van der Waals surface area contributed by atoms with E-state index in [1.807, 2.05) is 43.3 Å². The zero-order valence-electron chi connectivity index (χ0n) is 16.5. The smallest absolute Gasteiger partial charge is 0.275 e. The Bertz CT molecular complexity index is 936. The Kier molecular flexibility index (Phi) is 4.92. The second kappa shape index (κ2) is 7.40. The normalized spacial score (nSPS) is 22.4. The van der Waals surface area contributed by atoms with E-state index >= 15 is 0 Å². The minimum atomic E-state index is -0.532. The summed E-state index contributed by atoms with van der Waals surface area (Å²) in [5, 5.41) is 10.1. The van der Waals surface area contributed by atoms with Crippen molar-refractivity contribution in [3.8, 4) is 0 Å². The van der Waals surface area contributed by atoms with Crippen LogP contribution in [0, 0.1) is 0 Å². The van der Waals surface area contributed by atoms with Gasteiger partial charge in [-0.15, -0.1) is 0 Å². The van der Waals surface area contributed by atoms with Gasteiger partial charge in [-0.05, 0) is 18.1 Å². The largest absolute Gasteiger partial charge is 0.394 e. The lowest BCUT2D eigenvalue weighted by Gasteiger charge is -2.70. The molecule has 2 aliphatic rings. The van der Waals surface area contributed by atoms with Crippen molar-refractivity contribution >= 4 is 17.9 Å². The Labute approximate surface area is 169 Å². The van der Waals surface area contributed by atoms with E-state index in [1.54, 1.807) is 9.80 Å². The highest BCUT2D eigenvalue weighted by Gasteiger charge is 2.68. The van der Waals surface area contributed by atoms with Crippen molar-refractivity contribution in [2.75, 3.05) is 19.7 Å². The molecule has 1 spiro atoms. The van der Waals surface area contributed by atoms with Gasteiger partial charge in [-0.3, -0.25) is 14.6 Å². The maximum atomic E-state index is 13.2. The fourth-order valence-electron chi connectivity index (χ4n) is 4.70. The van der Waals surface area contributed by atoms with Crippen LogP contribution in [0.4, 0.5) is 0 Å². The van der Waals surface area contributed by atoms with E-state index in [9.17, 15) is 14.7 Å². The molecule has 2 atom stereocenters. The zero-order chi connectivity index (χ0) is 20.6. The molecule has 3 heterocycles. The Balaban J connectivity index is 1.69. The van der Waals surface area contributed by atoms with E-state index in [2.05, 4.69) is 9.97 Å². The summed E-state index contributed by atoms with van der Waals surface area (Å²) >= 11 is 0. The van der Waals surface area contributed by atoms with Crippen LogP contribution < -0.4 is 0 Å². The molecule has 4 rings (SSSR count). The molecular formula is C22H24N4O3. The number of carbonyl (C=O) groups excluding carboxylic acids is 2. The van der Waals surface area contributed by atoms with Crippen LogP contribution >= 0.6 is 0 Å². The summed E-state index contributed by atoms with van der Waals surface area (Å²) in [6.45, 7) is 4.25. The van der Waals surface area contributed by atoms with Crippen LogP contribution in [0.15, 0.2) is 48.9 Å². The van der Waals surface area contributed by atoms with Gasteiger partial charge in [-0.25, -0.2) is 4.98 Å². The molecule has 1 N–H and O–H groups in total. The summed E-state index contributed by atoms with van der Waals surface area (Å²) in [4.78, 5) is 36.6. The molecule has 0 unspecified atom stereocenters. The van der Waals surface area contributed by atoms with E-state index in [4.69, 9.17) is 0 Å². The lowest BCUT2D eigenvalue weighted by atomic mass is 9.60. The van der Waals surface area contributed by atoms with Gasteiger partial charge in [0.2, 0.25) is 5.91 Å². The average Bonchev–Trinajstić information content (AvgIpc) is 2.68. The lowest BCUT2D eigenvalue weighted by Crippen LogP contribution is -2.85. The number of hydrogen-bond donors (Lipinski definition) is 1. The molecule has 2 saturated heterocycles. The molecule has 1 aromatic heterocycles. The van der Waals surface area contributed by atoms with Gasteiger partial charge in [0.15, 0.2) is 0 Å². The van der Waals surface area contributed by atoms with Crippen molar-refractivity contribution in [2.45, 2.75) is 31.3 Å².